The summed E-state index contributed by atoms with van der Waals surface area (Å²) in [5, 5.41) is 14.9. The molecule has 0 fully saturated rings. The first kappa shape index (κ1) is 15.8. The van der Waals surface area contributed by atoms with Gasteiger partial charge in [-0.3, -0.25) is 15.1 Å². The summed E-state index contributed by atoms with van der Waals surface area (Å²) in [6, 6.07) is 13.5. The van der Waals surface area contributed by atoms with Gasteiger partial charge in [0.25, 0.3) is 0 Å². The quantitative estimate of drug-likeness (QED) is 0.675. The number of hydrogen-bond acceptors (Lipinski definition) is 6. The average Bonchev–Trinajstić information content (AvgIpc) is 3.07. The van der Waals surface area contributed by atoms with Crippen LogP contribution >= 0.6 is 11.3 Å². The zero-order valence-corrected chi connectivity index (χ0v) is 13.5. The highest BCUT2D eigenvalue weighted by Gasteiger charge is 2.06. The van der Waals surface area contributed by atoms with E-state index in [0.29, 0.717) is 16.8 Å². The van der Waals surface area contributed by atoms with Gasteiger partial charge in [0.2, 0.25) is 16.2 Å². The maximum atomic E-state index is 11.9. The Morgan fingerprint density at radius 1 is 1.04 bits per heavy atom. The normalized spacial score (nSPS) is 10.7. The number of nitrogens with one attached hydrogen (secondary N) is 2. The van der Waals surface area contributed by atoms with E-state index in [2.05, 4.69) is 25.8 Å². The Labute approximate surface area is 143 Å². The minimum Gasteiger partial charge on any atom is -0.356 e. The van der Waals surface area contributed by atoms with Gasteiger partial charge in [-0.2, -0.15) is 0 Å². The first-order valence-electron chi connectivity index (χ1n) is 7.30. The Morgan fingerprint density at radius 2 is 1.79 bits per heavy atom. The van der Waals surface area contributed by atoms with Gasteiger partial charge in [0.15, 0.2) is 0 Å². The van der Waals surface area contributed by atoms with E-state index >= 15 is 0 Å². The third-order valence-corrected chi connectivity index (χ3v) is 3.87. The molecule has 3 rings (SSSR count). The molecule has 24 heavy (non-hydrogen) atoms. The first-order valence-corrected chi connectivity index (χ1v) is 8.11. The van der Waals surface area contributed by atoms with Gasteiger partial charge in [0, 0.05) is 25.0 Å². The molecule has 0 aliphatic rings. The molecule has 0 aliphatic heterocycles. The highest BCUT2D eigenvalue weighted by Crippen LogP contribution is 2.20. The van der Waals surface area contributed by atoms with Crippen molar-refractivity contribution in [2.75, 3.05) is 10.6 Å². The molecule has 120 valence electrons. The molecule has 1 amide bonds. The van der Waals surface area contributed by atoms with Crippen molar-refractivity contribution in [3.05, 3.63) is 72.1 Å². The van der Waals surface area contributed by atoms with Crippen LogP contribution in [0, 0.1) is 0 Å². The number of aromatic nitrogens is 3. The standard InChI is InChI=1S/C17H15N5OS/c23-15(7-6-13-4-2-1-3-5-13)20-17-22-21-16(24-17)19-12-14-8-10-18-11-9-14/h1-11H,12H2,(H,19,21)(H,20,22,23)/b7-6+. The second kappa shape index (κ2) is 7.98. The zero-order valence-electron chi connectivity index (χ0n) is 12.7. The van der Waals surface area contributed by atoms with Crippen molar-refractivity contribution in [1.29, 1.82) is 0 Å². The average molecular weight is 337 g/mol. The number of anilines is 2. The second-order valence-electron chi connectivity index (χ2n) is 4.85. The van der Waals surface area contributed by atoms with Crippen LogP contribution in [0.4, 0.5) is 10.3 Å². The van der Waals surface area contributed by atoms with E-state index in [1.165, 1.54) is 17.4 Å². The Morgan fingerprint density at radius 3 is 2.58 bits per heavy atom. The van der Waals surface area contributed by atoms with Gasteiger partial charge < -0.3 is 5.32 Å². The topological polar surface area (TPSA) is 79.8 Å². The summed E-state index contributed by atoms with van der Waals surface area (Å²) in [7, 11) is 0. The summed E-state index contributed by atoms with van der Waals surface area (Å²) in [5.74, 6) is -0.240. The van der Waals surface area contributed by atoms with E-state index in [4.69, 9.17) is 0 Å². The molecular weight excluding hydrogens is 322 g/mol. The van der Waals surface area contributed by atoms with Crippen LogP contribution in [0.1, 0.15) is 11.1 Å². The number of carbonyl (C=O) groups is 1. The number of rotatable bonds is 6. The lowest BCUT2D eigenvalue weighted by atomic mass is 10.2. The molecule has 2 heterocycles. The van der Waals surface area contributed by atoms with Crippen LogP contribution < -0.4 is 10.6 Å². The molecule has 2 aromatic heterocycles. The second-order valence-corrected chi connectivity index (χ2v) is 5.83. The summed E-state index contributed by atoms with van der Waals surface area (Å²) < 4.78 is 0. The van der Waals surface area contributed by atoms with Crippen molar-refractivity contribution in [2.45, 2.75) is 6.54 Å². The van der Waals surface area contributed by atoms with Gasteiger partial charge in [0.1, 0.15) is 0 Å². The van der Waals surface area contributed by atoms with Crippen LogP contribution in [0.3, 0.4) is 0 Å². The van der Waals surface area contributed by atoms with Crippen LogP contribution in [0.2, 0.25) is 0 Å². The highest BCUT2D eigenvalue weighted by molar-refractivity contribution is 7.19. The SMILES string of the molecule is O=C(/C=C/c1ccccc1)Nc1nnc(NCc2ccncc2)s1. The summed E-state index contributed by atoms with van der Waals surface area (Å²) in [5.41, 5.74) is 2.06. The molecule has 0 atom stereocenters. The molecule has 0 unspecified atom stereocenters. The number of benzene rings is 1. The molecule has 0 saturated carbocycles. The molecule has 0 spiro atoms. The van der Waals surface area contributed by atoms with Crippen molar-refractivity contribution in [3.8, 4) is 0 Å². The minimum absolute atomic E-state index is 0.240. The third-order valence-electron chi connectivity index (χ3n) is 3.07. The molecule has 2 N–H and O–H groups in total. The first-order chi connectivity index (χ1) is 11.8. The highest BCUT2D eigenvalue weighted by atomic mass is 32.1. The largest absolute Gasteiger partial charge is 0.356 e. The van der Waals surface area contributed by atoms with Crippen molar-refractivity contribution < 1.29 is 4.79 Å². The lowest BCUT2D eigenvalue weighted by molar-refractivity contribution is -0.111. The van der Waals surface area contributed by atoms with Gasteiger partial charge in [-0.25, -0.2) is 0 Å². The number of hydrogen-bond donors (Lipinski definition) is 2. The Balaban J connectivity index is 1.52. The molecule has 0 aliphatic carbocycles. The predicted molar refractivity (Wildman–Crippen MR) is 95.6 cm³/mol. The lowest BCUT2D eigenvalue weighted by Crippen LogP contribution is -2.07. The minimum atomic E-state index is -0.240. The van der Waals surface area contributed by atoms with Crippen LogP contribution in [-0.4, -0.2) is 21.1 Å². The maximum Gasteiger partial charge on any atom is 0.250 e. The monoisotopic (exact) mass is 337 g/mol. The van der Waals surface area contributed by atoms with Gasteiger partial charge >= 0.3 is 0 Å². The van der Waals surface area contributed by atoms with E-state index in [1.807, 2.05) is 42.5 Å². The lowest BCUT2D eigenvalue weighted by Gasteiger charge is -2.00. The van der Waals surface area contributed by atoms with Crippen LogP contribution in [0.15, 0.2) is 60.9 Å². The fourth-order valence-electron chi connectivity index (χ4n) is 1.91. The molecule has 3 aromatic rings. The zero-order chi connectivity index (χ0) is 16.6. The van der Waals surface area contributed by atoms with E-state index < -0.39 is 0 Å². The predicted octanol–water partition coefficient (Wildman–Crippen LogP) is 3.20. The molecule has 6 nitrogen and oxygen atoms in total. The fourth-order valence-corrected chi connectivity index (χ4v) is 2.55. The summed E-state index contributed by atoms with van der Waals surface area (Å²) in [6.07, 6.45) is 6.70. The molecule has 0 saturated heterocycles. The number of amides is 1. The third kappa shape index (κ3) is 4.72. The molecule has 0 bridgehead atoms. The van der Waals surface area contributed by atoms with Crippen LogP contribution in [0.5, 0.6) is 0 Å². The Kier molecular flexibility index (Phi) is 5.26. The number of carbonyl (C=O) groups excluding carboxylic acids is 1. The van der Waals surface area contributed by atoms with Crippen molar-refractivity contribution in [2.24, 2.45) is 0 Å². The number of nitrogens with zero attached hydrogens (tertiary/aromatic N) is 3. The van der Waals surface area contributed by atoms with E-state index in [0.717, 1.165) is 11.1 Å². The Bertz CT molecular complexity index is 817. The molecular formula is C17H15N5OS. The van der Waals surface area contributed by atoms with Gasteiger partial charge in [-0.05, 0) is 29.3 Å². The van der Waals surface area contributed by atoms with Crippen LogP contribution in [-0.2, 0) is 11.3 Å². The maximum absolute atomic E-state index is 11.9. The smallest absolute Gasteiger partial charge is 0.250 e. The van der Waals surface area contributed by atoms with Crippen molar-refractivity contribution in [3.63, 3.8) is 0 Å². The molecule has 7 heteroatoms. The van der Waals surface area contributed by atoms with Gasteiger partial charge in [-0.15, -0.1) is 10.2 Å². The Hall–Kier alpha value is -3.06. The summed E-state index contributed by atoms with van der Waals surface area (Å²) >= 11 is 1.29. The number of pyridine rings is 1. The fraction of sp³-hybridized carbons (Fsp3) is 0.0588. The van der Waals surface area contributed by atoms with Crippen LogP contribution in [0.25, 0.3) is 6.08 Å². The van der Waals surface area contributed by atoms with E-state index in [-0.39, 0.29) is 5.91 Å². The van der Waals surface area contributed by atoms with Crippen molar-refractivity contribution >= 4 is 33.6 Å². The summed E-state index contributed by atoms with van der Waals surface area (Å²) in [4.78, 5) is 15.9. The molecule has 0 radical (unpaired) electrons. The van der Waals surface area contributed by atoms with E-state index in [1.54, 1.807) is 18.5 Å². The van der Waals surface area contributed by atoms with E-state index in [9.17, 15) is 4.79 Å². The molecule has 1 aromatic carbocycles. The van der Waals surface area contributed by atoms with Gasteiger partial charge in [-0.1, -0.05) is 41.7 Å². The van der Waals surface area contributed by atoms with Crippen molar-refractivity contribution in [1.82, 2.24) is 15.2 Å². The summed E-state index contributed by atoms with van der Waals surface area (Å²) in [6.45, 7) is 0.624. The van der Waals surface area contributed by atoms with Gasteiger partial charge in [0.05, 0.1) is 0 Å².